The lowest BCUT2D eigenvalue weighted by molar-refractivity contribution is -0.312. The van der Waals surface area contributed by atoms with Crippen LogP contribution in [0.25, 0.3) is 0 Å². The van der Waals surface area contributed by atoms with Gasteiger partial charge in [-0.25, -0.2) is 0 Å². The van der Waals surface area contributed by atoms with Gasteiger partial charge in [0.1, 0.15) is 17.8 Å². The first-order chi connectivity index (χ1) is 23.2. The second-order valence-electron chi connectivity index (χ2n) is 16.9. The number of hydrogen-bond donors (Lipinski definition) is 3. The maximum atomic E-state index is 14.1. The standard InChI is InChI=1S/C38H69NO11/c1-14-27-38(11,43)32(41)23(6)30-20(3)17-37(10,50-30)33(49-35-29(40)26(39(12)15-2)16-21(4)46-35)24(7)31(25(8)34(42)47-27)48-28-19-36(9,44-13)18-22(5)45-28/h20-33,35,40-41,43H,14-19H2,1-13H3/t20-,21-,22+,23+,24+,25-,26+,27-,28+,29-,30-,31+,32-,33-,35+,36+,37-,38-/m1/s1. The van der Waals surface area contributed by atoms with Gasteiger partial charge in [0.25, 0.3) is 0 Å². The third-order valence-electron chi connectivity index (χ3n) is 12.5. The average Bonchev–Trinajstić information content (AvgIpc) is 3.37. The Morgan fingerprint density at radius 1 is 0.920 bits per heavy atom. The quantitative estimate of drug-likeness (QED) is 0.312. The Bertz CT molecular complexity index is 1130. The number of likely N-dealkylation sites (N-methyl/N-ethyl adjacent to an activating group) is 1. The number of fused-ring (bicyclic) bond motifs is 2. The minimum absolute atomic E-state index is 0.0267. The van der Waals surface area contributed by atoms with Crippen molar-refractivity contribution in [2.24, 2.45) is 23.7 Å². The van der Waals surface area contributed by atoms with Gasteiger partial charge in [-0.3, -0.25) is 4.79 Å². The van der Waals surface area contributed by atoms with Gasteiger partial charge in [0, 0.05) is 37.8 Å². The summed E-state index contributed by atoms with van der Waals surface area (Å²) in [6, 6.07) is -0.184. The highest BCUT2D eigenvalue weighted by molar-refractivity contribution is 5.73. The van der Waals surface area contributed by atoms with E-state index in [2.05, 4.69) is 18.7 Å². The second kappa shape index (κ2) is 16.2. The zero-order chi connectivity index (χ0) is 37.5. The summed E-state index contributed by atoms with van der Waals surface area (Å²) in [6.07, 6.45) is -4.56. The lowest BCUT2D eigenvalue weighted by Gasteiger charge is -2.48. The first-order valence-electron chi connectivity index (χ1n) is 19.1. The summed E-state index contributed by atoms with van der Waals surface area (Å²) < 4.78 is 45.4. The molecule has 0 unspecified atom stereocenters. The number of carbonyl (C=O) groups is 1. The number of rotatable bonds is 8. The maximum absolute atomic E-state index is 14.1. The van der Waals surface area contributed by atoms with Crippen molar-refractivity contribution >= 4 is 5.97 Å². The highest BCUT2D eigenvalue weighted by Gasteiger charge is 2.57. The fourth-order valence-electron chi connectivity index (χ4n) is 9.41. The third kappa shape index (κ3) is 8.55. The van der Waals surface area contributed by atoms with Crippen molar-refractivity contribution in [3.8, 4) is 0 Å². The lowest BCUT2D eigenvalue weighted by atomic mass is 9.76. The number of esters is 1. The van der Waals surface area contributed by atoms with Crippen molar-refractivity contribution in [1.29, 1.82) is 0 Å². The summed E-state index contributed by atoms with van der Waals surface area (Å²) >= 11 is 0. The Morgan fingerprint density at radius 3 is 2.18 bits per heavy atom. The molecule has 4 rings (SSSR count). The number of carbonyl (C=O) groups excluding carboxylic acids is 1. The van der Waals surface area contributed by atoms with E-state index >= 15 is 0 Å². The Kier molecular flexibility index (Phi) is 13.6. The van der Waals surface area contributed by atoms with E-state index in [9.17, 15) is 20.1 Å². The third-order valence-corrected chi connectivity index (χ3v) is 12.5. The molecule has 4 heterocycles. The van der Waals surface area contributed by atoms with Crippen LogP contribution in [0.4, 0.5) is 0 Å². The van der Waals surface area contributed by atoms with E-state index in [1.807, 2.05) is 55.5 Å². The highest BCUT2D eigenvalue weighted by atomic mass is 16.7. The van der Waals surface area contributed by atoms with Crippen LogP contribution >= 0.6 is 0 Å². The summed E-state index contributed by atoms with van der Waals surface area (Å²) in [5.41, 5.74) is -3.20. The Labute approximate surface area is 300 Å². The molecular weight excluding hydrogens is 646 g/mol. The van der Waals surface area contributed by atoms with Gasteiger partial charge in [0.2, 0.25) is 0 Å². The van der Waals surface area contributed by atoms with E-state index in [0.717, 1.165) is 6.54 Å². The molecule has 0 amide bonds. The highest BCUT2D eigenvalue weighted by Crippen LogP contribution is 2.48. The van der Waals surface area contributed by atoms with Crippen LogP contribution < -0.4 is 0 Å². The van der Waals surface area contributed by atoms with Gasteiger partial charge in [0.05, 0.1) is 53.7 Å². The summed E-state index contributed by atoms with van der Waals surface area (Å²) in [5, 5.41) is 35.2. The van der Waals surface area contributed by atoms with Crippen LogP contribution in [0.15, 0.2) is 0 Å². The summed E-state index contributed by atoms with van der Waals surface area (Å²) in [7, 11) is 3.67. The zero-order valence-corrected chi connectivity index (χ0v) is 33.0. The van der Waals surface area contributed by atoms with E-state index in [1.54, 1.807) is 14.0 Å². The molecule has 4 aliphatic rings. The molecule has 18 atom stereocenters. The van der Waals surface area contributed by atoms with E-state index in [-0.39, 0.29) is 24.2 Å². The molecule has 2 bridgehead atoms. The van der Waals surface area contributed by atoms with Gasteiger partial charge in [-0.2, -0.15) is 0 Å². The molecule has 0 radical (unpaired) electrons. The van der Waals surface area contributed by atoms with Gasteiger partial charge in [-0.15, -0.1) is 0 Å². The minimum atomic E-state index is -1.75. The van der Waals surface area contributed by atoms with Crippen LogP contribution in [0.2, 0.25) is 0 Å². The van der Waals surface area contributed by atoms with Crippen molar-refractivity contribution in [3.63, 3.8) is 0 Å². The molecule has 0 aromatic heterocycles. The smallest absolute Gasteiger partial charge is 0.311 e. The van der Waals surface area contributed by atoms with E-state index in [0.29, 0.717) is 32.1 Å². The molecule has 4 saturated heterocycles. The molecule has 4 aliphatic heterocycles. The first kappa shape index (κ1) is 41.8. The molecule has 0 saturated carbocycles. The molecule has 0 aliphatic carbocycles. The Balaban J connectivity index is 1.83. The molecule has 12 nitrogen and oxygen atoms in total. The molecule has 0 aromatic rings. The lowest BCUT2D eigenvalue weighted by Crippen LogP contribution is -2.59. The average molecular weight is 716 g/mol. The monoisotopic (exact) mass is 715 g/mol. The van der Waals surface area contributed by atoms with Crippen molar-refractivity contribution in [2.75, 3.05) is 20.7 Å². The van der Waals surface area contributed by atoms with Gasteiger partial charge in [-0.05, 0) is 80.3 Å². The predicted octanol–water partition coefficient (Wildman–Crippen LogP) is 4.04. The number of aliphatic hydroxyl groups excluding tert-OH is 2. The van der Waals surface area contributed by atoms with Crippen LogP contribution in [0.1, 0.15) is 108 Å². The van der Waals surface area contributed by atoms with Crippen molar-refractivity contribution < 1.29 is 53.3 Å². The number of nitrogens with zero attached hydrogens (tertiary/aromatic N) is 1. The van der Waals surface area contributed by atoms with Crippen LogP contribution in [-0.4, -0.2) is 131 Å². The number of hydrogen-bond acceptors (Lipinski definition) is 12. The molecule has 0 spiro atoms. The zero-order valence-electron chi connectivity index (χ0n) is 33.0. The largest absolute Gasteiger partial charge is 0.459 e. The maximum Gasteiger partial charge on any atom is 0.311 e. The second-order valence-corrected chi connectivity index (χ2v) is 16.9. The van der Waals surface area contributed by atoms with Crippen molar-refractivity contribution in [1.82, 2.24) is 4.90 Å². The van der Waals surface area contributed by atoms with Crippen molar-refractivity contribution in [2.45, 2.75) is 193 Å². The molecule has 50 heavy (non-hydrogen) atoms. The van der Waals surface area contributed by atoms with Crippen LogP contribution in [0, 0.1) is 23.7 Å². The SMILES string of the molecule is CC[C@H]1OC(=O)[C@H](C)[C@@H](O[C@H]2C[C@@](C)(OC)C[C@H](C)O2)[C@H](C)[C@@H](O[C@@H]2O[C@H](C)C[C@H](N(C)CC)[C@H]2O)[C@@]2(C)C[C@@H](C)[C@@H](O2)[C@H](C)[C@@H](O)[C@]1(C)O. The molecular formula is C38H69NO11. The summed E-state index contributed by atoms with van der Waals surface area (Å²) in [6.45, 7) is 21.8. The Hall–Kier alpha value is -0.930. The number of ether oxygens (including phenoxy) is 7. The van der Waals surface area contributed by atoms with Crippen LogP contribution in [0.3, 0.4) is 0 Å². The van der Waals surface area contributed by atoms with E-state index in [4.69, 9.17) is 33.2 Å². The number of aliphatic hydroxyl groups is 3. The molecule has 292 valence electrons. The van der Waals surface area contributed by atoms with E-state index < -0.39 is 89.7 Å². The topological polar surface area (TPSA) is 146 Å². The number of cyclic esters (lactones) is 1. The van der Waals surface area contributed by atoms with Crippen molar-refractivity contribution in [3.05, 3.63) is 0 Å². The molecule has 12 heteroatoms. The summed E-state index contributed by atoms with van der Waals surface area (Å²) in [4.78, 5) is 16.2. The predicted molar refractivity (Wildman–Crippen MR) is 187 cm³/mol. The fraction of sp³-hybridized carbons (Fsp3) is 0.974. The van der Waals surface area contributed by atoms with Crippen LogP contribution in [-0.2, 0) is 38.0 Å². The van der Waals surface area contributed by atoms with Crippen LogP contribution in [0.5, 0.6) is 0 Å². The number of methoxy groups -OCH3 is 1. The van der Waals surface area contributed by atoms with Gasteiger partial charge < -0.3 is 53.4 Å². The first-order valence-corrected chi connectivity index (χ1v) is 19.1. The summed E-state index contributed by atoms with van der Waals surface area (Å²) in [5.74, 6) is -2.47. The normalized spacial score (nSPS) is 51.1. The Morgan fingerprint density at radius 2 is 1.58 bits per heavy atom. The van der Waals surface area contributed by atoms with Gasteiger partial charge in [-0.1, -0.05) is 34.6 Å². The minimum Gasteiger partial charge on any atom is -0.459 e. The van der Waals surface area contributed by atoms with Gasteiger partial charge in [0.15, 0.2) is 12.6 Å². The molecule has 3 N–H and O–H groups in total. The van der Waals surface area contributed by atoms with E-state index in [1.165, 1.54) is 6.92 Å². The molecule has 0 aromatic carbocycles. The van der Waals surface area contributed by atoms with Gasteiger partial charge >= 0.3 is 5.97 Å². The molecule has 4 fully saturated rings. The fourth-order valence-corrected chi connectivity index (χ4v) is 9.41.